The molecule has 1 aromatic carbocycles. The van der Waals surface area contributed by atoms with E-state index in [1.807, 2.05) is 13.8 Å². The van der Waals surface area contributed by atoms with E-state index in [1.54, 1.807) is 23.0 Å². The smallest absolute Gasteiger partial charge is 0.254 e. The Morgan fingerprint density at radius 2 is 2.16 bits per heavy atom. The minimum Gasteiger partial charge on any atom is -0.381 e. The van der Waals surface area contributed by atoms with Gasteiger partial charge >= 0.3 is 0 Å². The van der Waals surface area contributed by atoms with Gasteiger partial charge in [0.25, 0.3) is 5.91 Å². The molecule has 0 aliphatic carbocycles. The van der Waals surface area contributed by atoms with Crippen LogP contribution in [-0.4, -0.2) is 35.4 Å². The number of nitrogens with one attached hydrogen (secondary N) is 1. The van der Waals surface area contributed by atoms with Crippen molar-refractivity contribution in [2.75, 3.05) is 19.8 Å². The lowest BCUT2D eigenvalue weighted by atomic mass is 10.0. The molecule has 1 aliphatic heterocycles. The molecule has 1 saturated heterocycles. The summed E-state index contributed by atoms with van der Waals surface area (Å²) in [6.07, 6.45) is 3.71. The number of hydrogen-bond donors (Lipinski definition) is 1. The third-order valence-electron chi connectivity index (χ3n) is 4.48. The number of nitrogens with zero attached hydrogens (tertiary/aromatic N) is 2. The van der Waals surface area contributed by atoms with Crippen molar-refractivity contribution in [2.24, 2.45) is 5.92 Å². The summed E-state index contributed by atoms with van der Waals surface area (Å²) in [6.45, 7) is 6.15. The van der Waals surface area contributed by atoms with Gasteiger partial charge in [-0.25, -0.2) is 9.07 Å². The molecule has 2 aromatic rings. The van der Waals surface area contributed by atoms with Crippen LogP contribution in [-0.2, 0) is 4.74 Å². The molecule has 1 N–H and O–H groups in total. The van der Waals surface area contributed by atoms with Crippen LogP contribution in [0.3, 0.4) is 0 Å². The molecule has 1 amide bonds. The van der Waals surface area contributed by atoms with Crippen LogP contribution in [0.4, 0.5) is 4.39 Å². The van der Waals surface area contributed by atoms with Gasteiger partial charge in [-0.05, 0) is 48.9 Å². The van der Waals surface area contributed by atoms with Crippen LogP contribution in [0.1, 0.15) is 48.7 Å². The van der Waals surface area contributed by atoms with E-state index in [4.69, 9.17) is 4.74 Å². The average molecular weight is 345 g/mol. The van der Waals surface area contributed by atoms with Crippen molar-refractivity contribution in [3.05, 3.63) is 47.5 Å². The first-order valence-electron chi connectivity index (χ1n) is 8.76. The highest BCUT2D eigenvalue weighted by molar-refractivity contribution is 5.95. The van der Waals surface area contributed by atoms with E-state index >= 15 is 0 Å². The lowest BCUT2D eigenvalue weighted by Gasteiger charge is -2.22. The Bertz CT molecular complexity index is 719. The zero-order chi connectivity index (χ0) is 17.8. The van der Waals surface area contributed by atoms with Crippen LogP contribution >= 0.6 is 0 Å². The summed E-state index contributed by atoms with van der Waals surface area (Å²) in [5, 5.41) is 7.37. The van der Waals surface area contributed by atoms with Crippen LogP contribution in [0.15, 0.2) is 30.5 Å². The Labute approximate surface area is 147 Å². The molecule has 25 heavy (non-hydrogen) atoms. The molecular formula is C19H24FN3O2. The van der Waals surface area contributed by atoms with Crippen LogP contribution in [0.5, 0.6) is 0 Å². The van der Waals surface area contributed by atoms with Crippen molar-refractivity contribution in [1.29, 1.82) is 0 Å². The van der Waals surface area contributed by atoms with Crippen molar-refractivity contribution in [3.8, 4) is 5.69 Å². The van der Waals surface area contributed by atoms with Gasteiger partial charge in [-0.1, -0.05) is 13.8 Å². The van der Waals surface area contributed by atoms with Crippen LogP contribution < -0.4 is 5.32 Å². The molecule has 1 fully saturated rings. The maximum absolute atomic E-state index is 13.2. The minimum atomic E-state index is -0.297. The van der Waals surface area contributed by atoms with E-state index < -0.39 is 0 Å². The number of amides is 1. The van der Waals surface area contributed by atoms with Gasteiger partial charge in [-0.3, -0.25) is 4.79 Å². The summed E-state index contributed by atoms with van der Waals surface area (Å²) in [4.78, 5) is 12.6. The molecular weight excluding hydrogens is 321 g/mol. The highest BCUT2D eigenvalue weighted by Gasteiger charge is 2.22. The van der Waals surface area contributed by atoms with Crippen molar-refractivity contribution in [1.82, 2.24) is 15.1 Å². The van der Waals surface area contributed by atoms with Gasteiger partial charge in [0, 0.05) is 13.2 Å². The topological polar surface area (TPSA) is 56.1 Å². The molecule has 2 heterocycles. The first kappa shape index (κ1) is 17.6. The van der Waals surface area contributed by atoms with Crippen LogP contribution in [0, 0.1) is 11.7 Å². The quantitative estimate of drug-likeness (QED) is 0.905. The highest BCUT2D eigenvalue weighted by atomic mass is 19.1. The maximum Gasteiger partial charge on any atom is 0.254 e. The van der Waals surface area contributed by atoms with Gasteiger partial charge in [0.05, 0.1) is 29.7 Å². The second-order valence-electron chi connectivity index (χ2n) is 6.78. The third kappa shape index (κ3) is 4.07. The van der Waals surface area contributed by atoms with E-state index in [0.29, 0.717) is 24.6 Å². The zero-order valence-electron chi connectivity index (χ0n) is 14.7. The van der Waals surface area contributed by atoms with Crippen LogP contribution in [0.25, 0.3) is 5.69 Å². The summed E-state index contributed by atoms with van der Waals surface area (Å²) >= 11 is 0. The molecule has 1 aromatic heterocycles. The predicted molar refractivity (Wildman–Crippen MR) is 93.5 cm³/mol. The number of halogens is 1. The number of carbonyl (C=O) groups is 1. The second-order valence-corrected chi connectivity index (χ2v) is 6.78. The summed E-state index contributed by atoms with van der Waals surface area (Å²) < 4.78 is 20.3. The van der Waals surface area contributed by atoms with Gasteiger partial charge in [-0.2, -0.15) is 5.10 Å². The first-order valence-corrected chi connectivity index (χ1v) is 8.76. The fourth-order valence-corrected chi connectivity index (χ4v) is 3.18. The summed E-state index contributed by atoms with van der Waals surface area (Å²) in [5.74, 6) is 0.0518. The fourth-order valence-electron chi connectivity index (χ4n) is 3.18. The summed E-state index contributed by atoms with van der Waals surface area (Å²) in [7, 11) is 0. The molecule has 3 rings (SSSR count). The number of hydrogen-bond acceptors (Lipinski definition) is 3. The SMILES string of the molecule is CC(C)c1c(C(=O)NCC2CCCOC2)cnn1-c1ccc(F)cc1. The largest absolute Gasteiger partial charge is 0.381 e. The van der Waals surface area contributed by atoms with E-state index in [-0.39, 0.29) is 17.6 Å². The Hall–Kier alpha value is -2.21. The lowest BCUT2D eigenvalue weighted by Crippen LogP contribution is -2.33. The molecule has 5 nitrogen and oxygen atoms in total. The number of ether oxygens (including phenoxy) is 1. The van der Waals surface area contributed by atoms with Crippen molar-refractivity contribution < 1.29 is 13.9 Å². The van der Waals surface area contributed by atoms with Gasteiger partial charge in [-0.15, -0.1) is 0 Å². The van der Waals surface area contributed by atoms with Gasteiger partial charge in [0.2, 0.25) is 0 Å². The van der Waals surface area contributed by atoms with E-state index in [2.05, 4.69) is 10.4 Å². The average Bonchev–Trinajstić information content (AvgIpc) is 3.06. The highest BCUT2D eigenvalue weighted by Crippen LogP contribution is 2.23. The molecule has 0 bridgehead atoms. The Kier molecular flexibility index (Phi) is 5.48. The molecule has 134 valence electrons. The van der Waals surface area contributed by atoms with E-state index in [0.717, 1.165) is 30.8 Å². The normalized spacial score (nSPS) is 17.7. The lowest BCUT2D eigenvalue weighted by molar-refractivity contribution is 0.0536. The molecule has 1 aliphatic rings. The Balaban J connectivity index is 1.78. The number of benzene rings is 1. The Morgan fingerprint density at radius 1 is 1.40 bits per heavy atom. The monoisotopic (exact) mass is 345 g/mol. The van der Waals surface area contributed by atoms with Gasteiger partial charge in [0.1, 0.15) is 5.82 Å². The standard InChI is InChI=1S/C19H24FN3O2/c1-13(2)18-17(19(24)21-10-14-4-3-9-25-12-14)11-22-23(18)16-7-5-15(20)6-8-16/h5-8,11,13-14H,3-4,9-10,12H2,1-2H3,(H,21,24). The maximum atomic E-state index is 13.2. The van der Waals surface area contributed by atoms with E-state index in [9.17, 15) is 9.18 Å². The Morgan fingerprint density at radius 3 is 2.80 bits per heavy atom. The van der Waals surface area contributed by atoms with Crippen molar-refractivity contribution in [3.63, 3.8) is 0 Å². The minimum absolute atomic E-state index is 0.103. The molecule has 0 spiro atoms. The van der Waals surface area contributed by atoms with Crippen molar-refractivity contribution in [2.45, 2.75) is 32.6 Å². The van der Waals surface area contributed by atoms with Crippen molar-refractivity contribution >= 4 is 5.91 Å². The molecule has 0 radical (unpaired) electrons. The number of rotatable bonds is 5. The first-order chi connectivity index (χ1) is 12.1. The molecule has 0 saturated carbocycles. The molecule has 1 unspecified atom stereocenters. The van der Waals surface area contributed by atoms with Gasteiger partial charge < -0.3 is 10.1 Å². The zero-order valence-corrected chi connectivity index (χ0v) is 14.7. The fraction of sp³-hybridized carbons (Fsp3) is 0.474. The van der Waals surface area contributed by atoms with Crippen LogP contribution in [0.2, 0.25) is 0 Å². The summed E-state index contributed by atoms with van der Waals surface area (Å²) in [6, 6.07) is 6.11. The predicted octanol–water partition coefficient (Wildman–Crippen LogP) is 3.29. The third-order valence-corrected chi connectivity index (χ3v) is 4.48. The molecule has 1 atom stereocenters. The summed E-state index contributed by atoms with van der Waals surface area (Å²) in [5.41, 5.74) is 2.13. The number of aromatic nitrogens is 2. The molecule has 6 heteroatoms. The second kappa shape index (κ2) is 7.78. The van der Waals surface area contributed by atoms with E-state index in [1.165, 1.54) is 12.1 Å². The van der Waals surface area contributed by atoms with Gasteiger partial charge in [0.15, 0.2) is 0 Å². The number of carbonyl (C=O) groups excluding carboxylic acids is 1.